The van der Waals surface area contributed by atoms with Crippen LogP contribution in [-0.2, 0) is 12.8 Å². The largest absolute Gasteiger partial charge is 0.290 e. The molecule has 7 nitrogen and oxygen atoms in total. The van der Waals surface area contributed by atoms with Gasteiger partial charge in [-0.05, 0) is 43.4 Å². The Kier molecular flexibility index (Phi) is 5.05. The molecule has 0 bridgehead atoms. The van der Waals surface area contributed by atoms with Gasteiger partial charge in [0.2, 0.25) is 0 Å². The van der Waals surface area contributed by atoms with Crippen LogP contribution in [0.5, 0.6) is 0 Å². The monoisotopic (exact) mass is 346 g/mol. The molecule has 2 heterocycles. The predicted octanol–water partition coefficient (Wildman–Crippen LogP) is 1.57. The Bertz CT molecular complexity index is 766. The van der Waals surface area contributed by atoms with Gasteiger partial charge in [-0.15, -0.1) is 11.3 Å². The summed E-state index contributed by atoms with van der Waals surface area (Å²) in [5.74, 6) is -0.931. The Morgan fingerprint density at radius 2 is 1.79 bits per heavy atom. The summed E-state index contributed by atoms with van der Waals surface area (Å²) < 4.78 is 0. The molecule has 2 amide bonds. The Morgan fingerprint density at radius 1 is 1.04 bits per heavy atom. The van der Waals surface area contributed by atoms with Crippen molar-refractivity contribution in [3.05, 3.63) is 49.6 Å². The minimum Gasteiger partial charge on any atom is -0.268 e. The number of nitrogens with zero attached hydrogens (tertiary/aromatic N) is 1. The number of carbonyl (C=O) groups is 2. The van der Waals surface area contributed by atoms with Crippen molar-refractivity contribution in [2.75, 3.05) is 0 Å². The summed E-state index contributed by atoms with van der Waals surface area (Å²) in [7, 11) is 0. The van der Waals surface area contributed by atoms with E-state index in [0.717, 1.165) is 25.7 Å². The molecule has 0 aliphatic heterocycles. The van der Waals surface area contributed by atoms with Crippen LogP contribution in [0.3, 0.4) is 0 Å². The molecule has 0 aromatic carbocycles. The van der Waals surface area contributed by atoms with E-state index in [1.807, 2.05) is 6.07 Å². The van der Waals surface area contributed by atoms with E-state index in [-0.39, 0.29) is 11.6 Å². The second-order valence-corrected chi connectivity index (χ2v) is 6.82. The van der Waals surface area contributed by atoms with Crippen LogP contribution >= 0.6 is 11.3 Å². The zero-order chi connectivity index (χ0) is 16.9. The van der Waals surface area contributed by atoms with Crippen LogP contribution in [0.15, 0.2) is 23.0 Å². The van der Waals surface area contributed by atoms with Crippen LogP contribution in [0.2, 0.25) is 0 Å². The zero-order valence-corrected chi connectivity index (χ0v) is 13.9. The molecule has 1 aliphatic carbocycles. The first-order valence-electron chi connectivity index (χ1n) is 7.91. The normalized spacial score (nSPS) is 14.2. The molecule has 0 saturated carbocycles. The van der Waals surface area contributed by atoms with E-state index >= 15 is 0 Å². The summed E-state index contributed by atoms with van der Waals surface area (Å²) in [5.41, 5.74) is 5.57. The standard InChI is InChI=1S/C16H18N4O3S/c21-14-8-7-11(17-18-14)15(22)19-20-16(23)13-9-10-5-3-1-2-4-6-12(10)24-13/h7-9H,1-6H2,(H,18,21)(H,19,22)(H,20,23). The average molecular weight is 346 g/mol. The smallest absolute Gasteiger partial charge is 0.268 e. The van der Waals surface area contributed by atoms with E-state index in [1.54, 1.807) is 0 Å². The quantitative estimate of drug-likeness (QED) is 0.718. The lowest BCUT2D eigenvalue weighted by atomic mass is 10.00. The molecule has 2 aromatic rings. The van der Waals surface area contributed by atoms with Gasteiger partial charge >= 0.3 is 0 Å². The van der Waals surface area contributed by atoms with Crippen LogP contribution in [0.1, 0.15) is 56.3 Å². The highest BCUT2D eigenvalue weighted by Gasteiger charge is 2.17. The SMILES string of the molecule is O=C(NNC(=O)c1cc2c(s1)CCCCCC2)c1ccc(=O)[nH]n1. The number of fused-ring (bicyclic) bond motifs is 1. The number of amides is 2. The second kappa shape index (κ2) is 7.39. The Labute approximate surface area is 142 Å². The minimum absolute atomic E-state index is 0.0216. The Hall–Kier alpha value is -2.48. The molecule has 0 atom stereocenters. The number of nitrogens with one attached hydrogen (secondary N) is 3. The lowest BCUT2D eigenvalue weighted by molar-refractivity contribution is 0.0845. The first kappa shape index (κ1) is 16.4. The third kappa shape index (κ3) is 3.88. The van der Waals surface area contributed by atoms with Gasteiger partial charge in [-0.1, -0.05) is 12.8 Å². The van der Waals surface area contributed by atoms with Crippen molar-refractivity contribution in [2.45, 2.75) is 38.5 Å². The Morgan fingerprint density at radius 3 is 2.54 bits per heavy atom. The molecule has 24 heavy (non-hydrogen) atoms. The third-order valence-corrected chi connectivity index (χ3v) is 5.16. The van der Waals surface area contributed by atoms with Crippen LogP contribution in [0.25, 0.3) is 0 Å². The van der Waals surface area contributed by atoms with Gasteiger partial charge < -0.3 is 0 Å². The third-order valence-electron chi connectivity index (χ3n) is 3.92. The van der Waals surface area contributed by atoms with Crippen LogP contribution in [0, 0.1) is 0 Å². The highest BCUT2D eigenvalue weighted by molar-refractivity contribution is 7.14. The van der Waals surface area contributed by atoms with Gasteiger partial charge in [-0.25, -0.2) is 5.10 Å². The molecule has 126 valence electrons. The molecular formula is C16H18N4O3S. The summed E-state index contributed by atoms with van der Waals surface area (Å²) in [5, 5.41) is 5.77. The number of aromatic amines is 1. The summed E-state index contributed by atoms with van der Waals surface area (Å²) in [6.07, 6.45) is 6.80. The van der Waals surface area contributed by atoms with E-state index in [9.17, 15) is 14.4 Å². The number of hydrogen-bond donors (Lipinski definition) is 3. The number of rotatable bonds is 2. The number of hydrazine groups is 1. The highest BCUT2D eigenvalue weighted by atomic mass is 32.1. The maximum atomic E-state index is 12.2. The molecule has 8 heteroatoms. The van der Waals surface area contributed by atoms with E-state index in [1.165, 1.54) is 46.8 Å². The second-order valence-electron chi connectivity index (χ2n) is 5.69. The van der Waals surface area contributed by atoms with Crippen molar-refractivity contribution in [1.82, 2.24) is 21.0 Å². The number of aromatic nitrogens is 2. The van der Waals surface area contributed by atoms with Gasteiger partial charge in [-0.2, -0.15) is 5.10 Å². The molecule has 0 spiro atoms. The van der Waals surface area contributed by atoms with Gasteiger partial charge in [0, 0.05) is 10.9 Å². The average Bonchev–Trinajstić information content (AvgIpc) is 2.95. The lowest BCUT2D eigenvalue weighted by Crippen LogP contribution is -2.41. The molecule has 3 rings (SSSR count). The van der Waals surface area contributed by atoms with E-state index in [4.69, 9.17) is 0 Å². The van der Waals surface area contributed by atoms with Crippen LogP contribution < -0.4 is 16.4 Å². The topological polar surface area (TPSA) is 104 Å². The number of carbonyl (C=O) groups excluding carboxylic acids is 2. The molecule has 1 aliphatic rings. The number of aryl methyl sites for hydroxylation is 2. The fourth-order valence-corrected chi connectivity index (χ4v) is 3.82. The Balaban J connectivity index is 1.62. The number of thiophene rings is 1. The summed E-state index contributed by atoms with van der Waals surface area (Å²) in [6, 6.07) is 4.41. The van der Waals surface area contributed by atoms with E-state index < -0.39 is 11.5 Å². The van der Waals surface area contributed by atoms with Crippen molar-refractivity contribution in [2.24, 2.45) is 0 Å². The molecular weight excluding hydrogens is 328 g/mol. The molecule has 0 saturated heterocycles. The molecule has 0 radical (unpaired) electrons. The minimum atomic E-state index is -0.588. The summed E-state index contributed by atoms with van der Waals surface area (Å²) in [4.78, 5) is 36.9. The number of hydrogen-bond acceptors (Lipinski definition) is 5. The fraction of sp³-hybridized carbons (Fsp3) is 0.375. The van der Waals surface area contributed by atoms with Crippen molar-refractivity contribution < 1.29 is 9.59 Å². The lowest BCUT2D eigenvalue weighted by Gasteiger charge is -2.07. The van der Waals surface area contributed by atoms with Gasteiger partial charge in [0.25, 0.3) is 17.4 Å². The first-order valence-corrected chi connectivity index (χ1v) is 8.73. The van der Waals surface area contributed by atoms with Crippen molar-refractivity contribution in [1.29, 1.82) is 0 Å². The van der Waals surface area contributed by atoms with Gasteiger partial charge in [-0.3, -0.25) is 25.2 Å². The van der Waals surface area contributed by atoms with E-state index in [2.05, 4.69) is 21.0 Å². The number of H-pyrrole nitrogens is 1. The van der Waals surface area contributed by atoms with Gasteiger partial charge in [0.1, 0.15) is 0 Å². The van der Waals surface area contributed by atoms with Crippen LogP contribution in [-0.4, -0.2) is 22.0 Å². The van der Waals surface area contributed by atoms with Gasteiger partial charge in [0.05, 0.1) is 4.88 Å². The highest BCUT2D eigenvalue weighted by Crippen LogP contribution is 2.28. The molecule has 3 N–H and O–H groups in total. The molecule has 2 aromatic heterocycles. The van der Waals surface area contributed by atoms with Gasteiger partial charge in [0.15, 0.2) is 5.69 Å². The maximum absolute atomic E-state index is 12.2. The molecule has 0 unspecified atom stereocenters. The summed E-state index contributed by atoms with van der Waals surface area (Å²) >= 11 is 1.49. The fourth-order valence-electron chi connectivity index (χ4n) is 2.67. The first-order chi connectivity index (χ1) is 11.6. The molecule has 0 fully saturated rings. The summed E-state index contributed by atoms with van der Waals surface area (Å²) in [6.45, 7) is 0. The van der Waals surface area contributed by atoms with E-state index in [0.29, 0.717) is 4.88 Å². The zero-order valence-electron chi connectivity index (χ0n) is 13.1. The van der Waals surface area contributed by atoms with Crippen molar-refractivity contribution in [3.8, 4) is 0 Å². The predicted molar refractivity (Wildman–Crippen MR) is 90.0 cm³/mol. The van der Waals surface area contributed by atoms with Crippen molar-refractivity contribution in [3.63, 3.8) is 0 Å². The maximum Gasteiger partial charge on any atom is 0.290 e. The van der Waals surface area contributed by atoms with Crippen LogP contribution in [0.4, 0.5) is 0 Å². The van der Waals surface area contributed by atoms with Crippen molar-refractivity contribution >= 4 is 23.2 Å².